The number of Topliss-reactive ketones (excluding diaryl/α,β-unsaturated/α-hetero) is 1. The second-order valence-electron chi connectivity index (χ2n) is 7.22. The van der Waals surface area contributed by atoms with Crippen LogP contribution in [0.3, 0.4) is 0 Å². The number of imidazole rings is 1. The van der Waals surface area contributed by atoms with E-state index in [9.17, 15) is 22.8 Å². The number of nitrogens with zero attached hydrogens (tertiary/aromatic N) is 2. The van der Waals surface area contributed by atoms with Gasteiger partial charge in [-0.05, 0) is 44.5 Å². The minimum absolute atomic E-state index is 0.167. The molecule has 0 saturated heterocycles. The first-order valence-corrected chi connectivity index (χ1v) is 9.82. The standard InChI is InChI=1S/C22H23F3N4O2/c1-4-26-21(31)17-6-5-15(9-13(17)2)19-11-28-20-18(27-8-7-22(23,24)25)10-16(14(3)30)12-29(19)20/h5-6,9-12,27H,4,7-8H2,1-3H3,(H,26,31). The molecule has 0 aliphatic heterocycles. The normalized spacial score (nSPS) is 11.5. The number of ketones is 1. The smallest absolute Gasteiger partial charge is 0.382 e. The van der Waals surface area contributed by atoms with E-state index in [-0.39, 0.29) is 18.2 Å². The molecule has 2 heterocycles. The van der Waals surface area contributed by atoms with Gasteiger partial charge in [-0.25, -0.2) is 4.98 Å². The molecule has 0 aliphatic carbocycles. The van der Waals surface area contributed by atoms with Crippen LogP contribution in [-0.2, 0) is 0 Å². The summed E-state index contributed by atoms with van der Waals surface area (Å²) in [7, 11) is 0. The zero-order valence-electron chi connectivity index (χ0n) is 17.4. The lowest BCUT2D eigenvalue weighted by molar-refractivity contribution is -0.131. The van der Waals surface area contributed by atoms with Gasteiger partial charge in [0.2, 0.25) is 0 Å². The summed E-state index contributed by atoms with van der Waals surface area (Å²) in [6, 6.07) is 6.84. The van der Waals surface area contributed by atoms with Gasteiger partial charge in [-0.2, -0.15) is 13.2 Å². The van der Waals surface area contributed by atoms with Gasteiger partial charge < -0.3 is 10.6 Å². The summed E-state index contributed by atoms with van der Waals surface area (Å²) in [5, 5.41) is 5.51. The molecule has 6 nitrogen and oxygen atoms in total. The first-order valence-electron chi connectivity index (χ1n) is 9.82. The predicted molar refractivity (Wildman–Crippen MR) is 113 cm³/mol. The predicted octanol–water partition coefficient (Wildman–Crippen LogP) is 4.63. The van der Waals surface area contributed by atoms with Gasteiger partial charge in [-0.15, -0.1) is 0 Å². The maximum absolute atomic E-state index is 12.5. The number of hydrogen-bond acceptors (Lipinski definition) is 4. The van der Waals surface area contributed by atoms with Crippen LogP contribution in [0.5, 0.6) is 0 Å². The van der Waals surface area contributed by atoms with Crippen LogP contribution in [0.2, 0.25) is 0 Å². The lowest BCUT2D eigenvalue weighted by Crippen LogP contribution is -2.23. The fourth-order valence-corrected chi connectivity index (χ4v) is 3.30. The molecule has 1 amide bonds. The molecule has 2 aromatic heterocycles. The van der Waals surface area contributed by atoms with Gasteiger partial charge in [0.15, 0.2) is 11.4 Å². The molecule has 1 aromatic carbocycles. The van der Waals surface area contributed by atoms with Crippen LogP contribution in [0.1, 0.15) is 46.5 Å². The molecule has 31 heavy (non-hydrogen) atoms. The van der Waals surface area contributed by atoms with Crippen LogP contribution >= 0.6 is 0 Å². The Morgan fingerprint density at radius 3 is 2.55 bits per heavy atom. The molecule has 0 saturated carbocycles. The van der Waals surface area contributed by atoms with Gasteiger partial charge in [0.25, 0.3) is 5.91 Å². The molecule has 3 rings (SSSR count). The summed E-state index contributed by atoms with van der Waals surface area (Å²) in [5.74, 6) is -0.386. The van der Waals surface area contributed by atoms with Crippen molar-refractivity contribution in [2.75, 3.05) is 18.4 Å². The Morgan fingerprint density at radius 1 is 1.19 bits per heavy atom. The van der Waals surface area contributed by atoms with Crippen molar-refractivity contribution in [2.45, 2.75) is 33.4 Å². The summed E-state index contributed by atoms with van der Waals surface area (Å²) >= 11 is 0. The van der Waals surface area contributed by atoms with Gasteiger partial charge in [-0.3, -0.25) is 14.0 Å². The zero-order chi connectivity index (χ0) is 22.8. The molecule has 0 radical (unpaired) electrons. The van der Waals surface area contributed by atoms with Crippen molar-refractivity contribution in [3.63, 3.8) is 0 Å². The van der Waals surface area contributed by atoms with Crippen LogP contribution in [0.25, 0.3) is 16.9 Å². The average molecular weight is 432 g/mol. The molecule has 0 aliphatic rings. The third kappa shape index (κ3) is 5.04. The molecule has 0 spiro atoms. The highest BCUT2D eigenvalue weighted by Crippen LogP contribution is 2.28. The zero-order valence-corrected chi connectivity index (χ0v) is 17.4. The monoisotopic (exact) mass is 432 g/mol. The van der Waals surface area contributed by atoms with E-state index >= 15 is 0 Å². The molecule has 0 bridgehead atoms. The summed E-state index contributed by atoms with van der Waals surface area (Å²) in [5.41, 5.74) is 3.84. The molecule has 0 atom stereocenters. The number of amides is 1. The van der Waals surface area contributed by atoms with Crippen molar-refractivity contribution >= 4 is 23.0 Å². The maximum atomic E-state index is 12.5. The highest BCUT2D eigenvalue weighted by atomic mass is 19.4. The summed E-state index contributed by atoms with van der Waals surface area (Å²) in [4.78, 5) is 28.5. The van der Waals surface area contributed by atoms with Crippen molar-refractivity contribution in [3.05, 3.63) is 53.3 Å². The number of benzene rings is 1. The molecule has 0 unspecified atom stereocenters. The summed E-state index contributed by atoms with van der Waals surface area (Å²) < 4.78 is 39.3. The number of pyridine rings is 1. The second-order valence-corrected chi connectivity index (χ2v) is 7.22. The van der Waals surface area contributed by atoms with E-state index in [1.807, 2.05) is 19.9 Å². The Balaban J connectivity index is 2.03. The second kappa shape index (κ2) is 8.79. The quantitative estimate of drug-likeness (QED) is 0.534. The highest BCUT2D eigenvalue weighted by Gasteiger charge is 2.26. The molecule has 0 fully saturated rings. The number of rotatable bonds is 7. The van der Waals surface area contributed by atoms with Crippen molar-refractivity contribution < 1.29 is 22.8 Å². The van der Waals surface area contributed by atoms with Gasteiger partial charge in [0.1, 0.15) is 0 Å². The third-order valence-corrected chi connectivity index (χ3v) is 4.84. The highest BCUT2D eigenvalue weighted by molar-refractivity contribution is 5.97. The average Bonchev–Trinajstić information content (AvgIpc) is 3.11. The molecular weight excluding hydrogens is 409 g/mol. The van der Waals surface area contributed by atoms with E-state index in [1.165, 1.54) is 13.0 Å². The van der Waals surface area contributed by atoms with E-state index in [2.05, 4.69) is 15.6 Å². The number of carbonyl (C=O) groups is 2. The van der Waals surface area contributed by atoms with Crippen LogP contribution < -0.4 is 10.6 Å². The maximum Gasteiger partial charge on any atom is 0.390 e. The van der Waals surface area contributed by atoms with E-state index in [0.29, 0.717) is 34.7 Å². The first kappa shape index (κ1) is 22.3. The lowest BCUT2D eigenvalue weighted by Gasteiger charge is -2.13. The number of fused-ring (bicyclic) bond motifs is 1. The lowest BCUT2D eigenvalue weighted by atomic mass is 10.0. The number of halogens is 3. The minimum Gasteiger partial charge on any atom is -0.382 e. The van der Waals surface area contributed by atoms with E-state index in [4.69, 9.17) is 0 Å². The fraction of sp³-hybridized carbons (Fsp3) is 0.318. The van der Waals surface area contributed by atoms with Gasteiger partial charge in [0, 0.05) is 36.0 Å². The molecule has 164 valence electrons. The van der Waals surface area contributed by atoms with Crippen molar-refractivity contribution in [1.29, 1.82) is 0 Å². The van der Waals surface area contributed by atoms with Crippen LogP contribution in [0.15, 0.2) is 36.7 Å². The van der Waals surface area contributed by atoms with Gasteiger partial charge in [-0.1, -0.05) is 6.07 Å². The molecule has 2 N–H and O–H groups in total. The summed E-state index contributed by atoms with van der Waals surface area (Å²) in [6.45, 7) is 5.24. The van der Waals surface area contributed by atoms with Crippen LogP contribution in [-0.4, -0.2) is 40.3 Å². The Labute approximate surface area is 177 Å². The Bertz CT molecular complexity index is 1140. The largest absolute Gasteiger partial charge is 0.390 e. The van der Waals surface area contributed by atoms with Crippen molar-refractivity contribution in [2.24, 2.45) is 0 Å². The Hall–Kier alpha value is -3.36. The number of nitrogens with one attached hydrogen (secondary N) is 2. The molecule has 9 heteroatoms. The number of carbonyl (C=O) groups excluding carboxylic acids is 2. The molecular formula is C22H23F3N4O2. The topological polar surface area (TPSA) is 75.5 Å². The van der Waals surface area contributed by atoms with Crippen LogP contribution in [0, 0.1) is 6.92 Å². The third-order valence-electron chi connectivity index (χ3n) is 4.84. The van der Waals surface area contributed by atoms with Crippen molar-refractivity contribution in [3.8, 4) is 11.3 Å². The Morgan fingerprint density at radius 2 is 1.94 bits per heavy atom. The van der Waals surface area contributed by atoms with Crippen LogP contribution in [0.4, 0.5) is 18.9 Å². The Kier molecular flexibility index (Phi) is 6.33. The van der Waals surface area contributed by atoms with E-state index < -0.39 is 12.6 Å². The van der Waals surface area contributed by atoms with Gasteiger partial charge >= 0.3 is 6.18 Å². The SMILES string of the molecule is CCNC(=O)c1ccc(-c2cnc3c(NCCC(F)(F)F)cc(C(C)=O)cn23)cc1C. The first-order chi connectivity index (χ1) is 14.6. The number of aryl methyl sites for hydroxylation is 1. The van der Waals surface area contributed by atoms with E-state index in [0.717, 1.165) is 11.1 Å². The minimum atomic E-state index is -4.29. The number of hydrogen-bond donors (Lipinski definition) is 2. The van der Waals surface area contributed by atoms with E-state index in [1.54, 1.807) is 28.9 Å². The fourth-order valence-electron chi connectivity index (χ4n) is 3.30. The number of anilines is 1. The van der Waals surface area contributed by atoms with Crippen molar-refractivity contribution in [1.82, 2.24) is 14.7 Å². The number of alkyl halides is 3. The summed E-state index contributed by atoms with van der Waals surface area (Å²) in [6.07, 6.45) is -2.08. The molecule has 3 aromatic rings. The van der Waals surface area contributed by atoms with Gasteiger partial charge in [0.05, 0.1) is 24.0 Å². The number of aromatic nitrogens is 2.